The molecule has 9 heteroatoms. The van der Waals surface area contributed by atoms with E-state index in [0.29, 0.717) is 19.8 Å². The molecule has 1 saturated heterocycles. The van der Waals surface area contributed by atoms with Crippen LogP contribution in [0.15, 0.2) is 91.0 Å². The van der Waals surface area contributed by atoms with Gasteiger partial charge in [0, 0.05) is 5.92 Å². The molecule has 1 aliphatic rings. The number of ether oxygens (including phenoxy) is 5. The van der Waals surface area contributed by atoms with Crippen LogP contribution in [0.4, 0.5) is 0 Å². The Labute approximate surface area is 244 Å². The Bertz CT molecular complexity index is 1150. The summed E-state index contributed by atoms with van der Waals surface area (Å²) in [7, 11) is 0. The quantitative estimate of drug-likeness (QED) is 0.146. The van der Waals surface area contributed by atoms with Crippen LogP contribution in [-0.2, 0) is 43.5 Å². The second-order valence-corrected chi connectivity index (χ2v) is 11.7. The molecule has 208 valence electrons. The zero-order valence-electron chi connectivity index (χ0n) is 21.6. The van der Waals surface area contributed by atoms with E-state index in [4.69, 9.17) is 63.9 Å². The van der Waals surface area contributed by atoms with Gasteiger partial charge in [0.15, 0.2) is 0 Å². The average Bonchev–Trinajstić information content (AvgIpc) is 2.94. The minimum Gasteiger partial charge on any atom is -0.448 e. The summed E-state index contributed by atoms with van der Waals surface area (Å²) in [6.07, 6.45) is -2.47. The molecule has 1 N–H and O–H groups in total. The zero-order valence-corrected chi connectivity index (χ0v) is 23.8. The highest BCUT2D eigenvalue weighted by atomic mass is 35.6. The summed E-state index contributed by atoms with van der Waals surface area (Å²) in [6.45, 7) is 3.22. The molecule has 0 saturated carbocycles. The van der Waals surface area contributed by atoms with Crippen molar-refractivity contribution in [3.63, 3.8) is 0 Å². The molecule has 2 unspecified atom stereocenters. The van der Waals surface area contributed by atoms with Crippen molar-refractivity contribution in [3.05, 3.63) is 108 Å². The summed E-state index contributed by atoms with van der Waals surface area (Å²) in [4.78, 5) is 0. The van der Waals surface area contributed by atoms with Crippen molar-refractivity contribution in [2.45, 2.75) is 55.1 Å². The number of hydrogen-bond donors (Lipinski definition) is 1. The monoisotopic (exact) mass is 591 g/mol. The van der Waals surface area contributed by atoms with Crippen molar-refractivity contribution in [2.75, 3.05) is 6.61 Å². The molecule has 1 aliphatic heterocycles. The van der Waals surface area contributed by atoms with E-state index in [1.54, 1.807) is 0 Å². The number of nitrogens with one attached hydrogen (secondary N) is 1. The van der Waals surface area contributed by atoms with Gasteiger partial charge in [-0.25, -0.2) is 0 Å². The lowest BCUT2D eigenvalue weighted by Gasteiger charge is -2.45. The summed E-state index contributed by atoms with van der Waals surface area (Å²) in [5.74, 6) is -0.897. The van der Waals surface area contributed by atoms with E-state index < -0.39 is 34.3 Å². The first-order valence-electron chi connectivity index (χ1n) is 12.7. The predicted octanol–water partition coefficient (Wildman–Crippen LogP) is 7.10. The molecular formula is C30H32Cl3NO5. The highest BCUT2D eigenvalue weighted by molar-refractivity contribution is 6.76. The number of halogens is 3. The lowest BCUT2D eigenvalue weighted by Crippen LogP contribution is -2.58. The van der Waals surface area contributed by atoms with Crippen molar-refractivity contribution >= 4 is 40.7 Å². The van der Waals surface area contributed by atoms with Gasteiger partial charge in [0.05, 0.1) is 32.5 Å². The van der Waals surface area contributed by atoms with Gasteiger partial charge in [-0.05, 0) is 16.7 Å². The molecule has 0 aromatic heterocycles. The second-order valence-electron chi connectivity index (χ2n) is 9.37. The average molecular weight is 593 g/mol. The molecule has 1 heterocycles. The summed E-state index contributed by atoms with van der Waals surface area (Å²) in [6, 6.07) is 29.6. The van der Waals surface area contributed by atoms with Gasteiger partial charge in [-0.2, -0.15) is 0 Å². The number of rotatable bonds is 11. The van der Waals surface area contributed by atoms with E-state index in [-0.39, 0.29) is 12.5 Å². The van der Waals surface area contributed by atoms with Gasteiger partial charge in [0.25, 0.3) is 3.79 Å². The van der Waals surface area contributed by atoms with Gasteiger partial charge in [0.1, 0.15) is 12.2 Å². The standard InChI is InChI=1S/C30H32Cl3NO5/c1-21-26(36-18-23-13-7-3-8-14-23)27(37-19-24-15-9-4-10-16-24)25(20-35-17-22-11-5-2-6-12-22)38-28(21)39-29(34)30(31,32)33/h2-16,21,25-28,34H,17-20H2,1H3/t21?,25?,26-,27-,28+/m1/s1. The van der Waals surface area contributed by atoms with Crippen LogP contribution in [0.1, 0.15) is 23.6 Å². The molecule has 1 fully saturated rings. The topological polar surface area (TPSA) is 70.0 Å². The smallest absolute Gasteiger partial charge is 0.265 e. The third-order valence-electron chi connectivity index (χ3n) is 6.40. The highest BCUT2D eigenvalue weighted by Crippen LogP contribution is 2.35. The highest BCUT2D eigenvalue weighted by Gasteiger charge is 2.48. The van der Waals surface area contributed by atoms with Crippen LogP contribution < -0.4 is 0 Å². The Morgan fingerprint density at radius 2 is 1.21 bits per heavy atom. The normalized spacial score (nSPS) is 23.3. The molecule has 39 heavy (non-hydrogen) atoms. The fraction of sp³-hybridized carbons (Fsp3) is 0.367. The lowest BCUT2D eigenvalue weighted by molar-refractivity contribution is -0.285. The van der Waals surface area contributed by atoms with Crippen LogP contribution in [0, 0.1) is 11.3 Å². The van der Waals surface area contributed by atoms with E-state index in [1.807, 2.05) is 97.9 Å². The van der Waals surface area contributed by atoms with E-state index in [2.05, 4.69) is 0 Å². The van der Waals surface area contributed by atoms with Crippen molar-refractivity contribution in [1.82, 2.24) is 0 Å². The van der Waals surface area contributed by atoms with Crippen molar-refractivity contribution in [3.8, 4) is 0 Å². The summed E-state index contributed by atoms with van der Waals surface area (Å²) >= 11 is 17.7. The maximum Gasteiger partial charge on any atom is 0.265 e. The molecule has 5 atom stereocenters. The van der Waals surface area contributed by atoms with E-state index >= 15 is 0 Å². The Morgan fingerprint density at radius 3 is 1.69 bits per heavy atom. The summed E-state index contributed by atoms with van der Waals surface area (Å²) in [5, 5.41) is 8.13. The van der Waals surface area contributed by atoms with Gasteiger partial charge in [-0.1, -0.05) is 133 Å². The Balaban J connectivity index is 1.56. The first kappa shape index (κ1) is 29.8. The second kappa shape index (κ2) is 14.5. The third kappa shape index (κ3) is 8.92. The van der Waals surface area contributed by atoms with Crippen LogP contribution in [0.25, 0.3) is 0 Å². The fourth-order valence-electron chi connectivity index (χ4n) is 4.34. The van der Waals surface area contributed by atoms with Gasteiger partial charge < -0.3 is 23.7 Å². The van der Waals surface area contributed by atoms with Crippen LogP contribution in [0.3, 0.4) is 0 Å². The number of alkyl halides is 3. The Morgan fingerprint density at radius 1 is 0.744 bits per heavy atom. The molecular weight excluding hydrogens is 561 g/mol. The van der Waals surface area contributed by atoms with Gasteiger partial charge in [-0.15, -0.1) is 0 Å². The van der Waals surface area contributed by atoms with Gasteiger partial charge >= 0.3 is 0 Å². The molecule has 0 amide bonds. The van der Waals surface area contributed by atoms with Crippen molar-refractivity contribution in [1.29, 1.82) is 5.41 Å². The fourth-order valence-corrected chi connectivity index (χ4v) is 4.47. The molecule has 0 bridgehead atoms. The third-order valence-corrected chi connectivity index (χ3v) is 6.92. The maximum absolute atomic E-state index is 8.13. The predicted molar refractivity (Wildman–Crippen MR) is 153 cm³/mol. The van der Waals surface area contributed by atoms with Crippen molar-refractivity contribution in [2.24, 2.45) is 5.92 Å². The minimum absolute atomic E-state index is 0.202. The summed E-state index contributed by atoms with van der Waals surface area (Å²) < 4.78 is 29.0. The molecule has 0 spiro atoms. The Kier molecular flexibility index (Phi) is 11.1. The van der Waals surface area contributed by atoms with Gasteiger partial charge in [0.2, 0.25) is 12.2 Å². The summed E-state index contributed by atoms with van der Waals surface area (Å²) in [5.41, 5.74) is 3.07. The first-order chi connectivity index (χ1) is 18.8. The largest absolute Gasteiger partial charge is 0.448 e. The van der Waals surface area contributed by atoms with Gasteiger partial charge in [-0.3, -0.25) is 5.41 Å². The molecule has 6 nitrogen and oxygen atoms in total. The molecule has 3 aromatic carbocycles. The van der Waals surface area contributed by atoms with Crippen molar-refractivity contribution < 1.29 is 23.7 Å². The number of benzene rings is 3. The van der Waals surface area contributed by atoms with E-state index in [0.717, 1.165) is 16.7 Å². The van der Waals surface area contributed by atoms with E-state index in [9.17, 15) is 0 Å². The molecule has 0 aliphatic carbocycles. The van der Waals surface area contributed by atoms with E-state index in [1.165, 1.54) is 0 Å². The molecule has 0 radical (unpaired) electrons. The molecule has 3 aromatic rings. The maximum atomic E-state index is 8.13. The molecule has 4 rings (SSSR count). The first-order valence-corrected chi connectivity index (χ1v) is 13.8. The van der Waals surface area contributed by atoms with Crippen LogP contribution in [-0.4, -0.2) is 40.9 Å². The van der Waals surface area contributed by atoms with Crippen LogP contribution in [0.2, 0.25) is 0 Å². The minimum atomic E-state index is -2.02. The lowest BCUT2D eigenvalue weighted by atomic mass is 9.91. The zero-order chi connectivity index (χ0) is 27.7. The Hall–Kier alpha value is -2.16. The number of hydrogen-bond acceptors (Lipinski definition) is 6. The SMILES string of the molecule is CC1[C@H](OC(=N)C(Cl)(Cl)Cl)OC(COCc2ccccc2)[C@@H](OCc2ccccc2)[C@@H]1OCc1ccccc1. The van der Waals surface area contributed by atoms with Crippen LogP contribution in [0.5, 0.6) is 0 Å². The van der Waals surface area contributed by atoms with Crippen LogP contribution >= 0.6 is 34.8 Å².